The summed E-state index contributed by atoms with van der Waals surface area (Å²) in [6.45, 7) is 0.359. The molecule has 0 unspecified atom stereocenters. The van der Waals surface area contributed by atoms with Gasteiger partial charge >= 0.3 is 0 Å². The Morgan fingerprint density at radius 2 is 1.75 bits per heavy atom. The van der Waals surface area contributed by atoms with Gasteiger partial charge in [0, 0.05) is 27.4 Å². The Balaban J connectivity index is 1.48. The van der Waals surface area contributed by atoms with Crippen LogP contribution in [0.2, 0.25) is 20.1 Å². The third kappa shape index (κ3) is 5.75. The van der Waals surface area contributed by atoms with Crippen LogP contribution in [-0.4, -0.2) is 17.5 Å². The highest BCUT2D eigenvalue weighted by molar-refractivity contribution is 7.14. The van der Waals surface area contributed by atoms with Crippen molar-refractivity contribution in [2.75, 3.05) is 11.9 Å². The number of anilines is 1. The minimum atomic E-state index is -0.145. The Hall–Kier alpha value is -1.50. The van der Waals surface area contributed by atoms with Crippen molar-refractivity contribution in [1.29, 1.82) is 0 Å². The van der Waals surface area contributed by atoms with Crippen molar-refractivity contribution >= 4 is 68.8 Å². The number of carbonyl (C=O) groups is 1. The fourth-order valence-electron chi connectivity index (χ4n) is 2.34. The molecule has 1 N–H and O–H groups in total. The van der Waals surface area contributed by atoms with Crippen molar-refractivity contribution < 1.29 is 9.53 Å². The minimum Gasteiger partial charge on any atom is -0.492 e. The highest BCUT2D eigenvalue weighted by Gasteiger charge is 2.11. The predicted octanol–water partition coefficient (Wildman–Crippen LogP) is 7.22. The lowest BCUT2D eigenvalue weighted by Crippen LogP contribution is -2.12. The molecule has 3 aromatic rings. The van der Waals surface area contributed by atoms with Crippen LogP contribution in [0.1, 0.15) is 12.8 Å². The Labute approximate surface area is 186 Å². The van der Waals surface area contributed by atoms with Gasteiger partial charge in [0.05, 0.1) is 22.3 Å². The van der Waals surface area contributed by atoms with E-state index in [2.05, 4.69) is 10.3 Å². The topological polar surface area (TPSA) is 51.2 Å². The molecule has 0 atom stereocenters. The monoisotopic (exact) mass is 474 g/mol. The molecule has 4 nitrogen and oxygen atoms in total. The van der Waals surface area contributed by atoms with Crippen molar-refractivity contribution in [3.05, 3.63) is 61.9 Å². The van der Waals surface area contributed by atoms with Gasteiger partial charge in [-0.2, -0.15) is 0 Å². The van der Waals surface area contributed by atoms with E-state index >= 15 is 0 Å². The number of amides is 1. The molecule has 0 aliphatic rings. The molecule has 1 amide bonds. The molecule has 0 radical (unpaired) electrons. The first-order valence-corrected chi connectivity index (χ1v) is 10.6. The van der Waals surface area contributed by atoms with Crippen LogP contribution in [0.3, 0.4) is 0 Å². The van der Waals surface area contributed by atoms with Crippen LogP contribution < -0.4 is 10.1 Å². The normalized spacial score (nSPS) is 10.7. The standard InChI is InChI=1S/C19H14Cl4N2O2S/c20-11-3-5-13(14(22)8-11)16-10-28-19(24-16)25-18(26)2-1-7-27-17-6-4-12(21)9-15(17)23/h3-6,8-10H,1-2,7H2,(H,24,25,26). The molecule has 0 fully saturated rings. The van der Waals surface area contributed by atoms with Gasteiger partial charge in [-0.05, 0) is 42.8 Å². The molecular formula is C19H14Cl4N2O2S. The largest absolute Gasteiger partial charge is 0.492 e. The highest BCUT2D eigenvalue weighted by atomic mass is 35.5. The molecule has 0 aliphatic carbocycles. The number of hydrogen-bond donors (Lipinski definition) is 1. The molecule has 146 valence electrons. The average molecular weight is 476 g/mol. The lowest BCUT2D eigenvalue weighted by Gasteiger charge is -2.08. The second-order valence-electron chi connectivity index (χ2n) is 5.74. The average Bonchev–Trinajstić information content (AvgIpc) is 3.08. The Morgan fingerprint density at radius 1 is 1.04 bits per heavy atom. The summed E-state index contributed by atoms with van der Waals surface area (Å²) in [5, 5.41) is 7.16. The molecule has 3 rings (SSSR count). The third-order valence-corrected chi connectivity index (χ3v) is 5.49. The van der Waals surface area contributed by atoms with Crippen molar-refractivity contribution in [2.24, 2.45) is 0 Å². The van der Waals surface area contributed by atoms with E-state index in [1.165, 1.54) is 11.3 Å². The second kappa shape index (κ2) is 9.81. The fraction of sp³-hybridized carbons (Fsp3) is 0.158. The maximum Gasteiger partial charge on any atom is 0.226 e. The summed E-state index contributed by atoms with van der Waals surface area (Å²) in [5.74, 6) is 0.393. The van der Waals surface area contributed by atoms with Gasteiger partial charge in [0.2, 0.25) is 5.91 Å². The summed E-state index contributed by atoms with van der Waals surface area (Å²) < 4.78 is 5.57. The molecule has 0 aliphatic heterocycles. The van der Waals surface area contributed by atoms with Crippen molar-refractivity contribution in [3.63, 3.8) is 0 Å². The number of thiazole rings is 1. The van der Waals surface area contributed by atoms with Crippen molar-refractivity contribution in [3.8, 4) is 17.0 Å². The summed E-state index contributed by atoms with van der Waals surface area (Å²) in [7, 11) is 0. The van der Waals surface area contributed by atoms with Gasteiger partial charge < -0.3 is 10.1 Å². The first-order valence-electron chi connectivity index (χ1n) is 8.21. The van der Waals surface area contributed by atoms with Gasteiger partial charge in [0.15, 0.2) is 5.13 Å². The van der Waals surface area contributed by atoms with Gasteiger partial charge in [-0.25, -0.2) is 4.98 Å². The summed E-state index contributed by atoms with van der Waals surface area (Å²) >= 11 is 25.3. The van der Waals surface area contributed by atoms with Crippen LogP contribution in [0.15, 0.2) is 41.8 Å². The third-order valence-electron chi connectivity index (χ3n) is 3.66. The summed E-state index contributed by atoms with van der Waals surface area (Å²) in [6.07, 6.45) is 0.827. The molecule has 1 heterocycles. The molecule has 0 bridgehead atoms. The van der Waals surface area contributed by atoms with Crippen LogP contribution in [-0.2, 0) is 4.79 Å². The summed E-state index contributed by atoms with van der Waals surface area (Å²) in [6, 6.07) is 10.2. The van der Waals surface area contributed by atoms with E-state index in [9.17, 15) is 4.79 Å². The zero-order valence-electron chi connectivity index (χ0n) is 14.3. The van der Waals surface area contributed by atoms with Crippen LogP contribution in [0.25, 0.3) is 11.3 Å². The zero-order valence-corrected chi connectivity index (χ0v) is 18.2. The summed E-state index contributed by atoms with van der Waals surface area (Å²) in [5.41, 5.74) is 1.44. The number of halogens is 4. The van der Waals surface area contributed by atoms with E-state index in [4.69, 9.17) is 51.1 Å². The highest BCUT2D eigenvalue weighted by Crippen LogP contribution is 2.32. The van der Waals surface area contributed by atoms with Crippen LogP contribution >= 0.6 is 57.7 Å². The van der Waals surface area contributed by atoms with E-state index in [-0.39, 0.29) is 5.91 Å². The number of carbonyl (C=O) groups excluding carboxylic acids is 1. The SMILES string of the molecule is O=C(CCCOc1ccc(Cl)cc1Cl)Nc1nc(-c2ccc(Cl)cc2Cl)cs1. The molecule has 28 heavy (non-hydrogen) atoms. The number of benzene rings is 2. The maximum absolute atomic E-state index is 12.1. The molecule has 0 spiro atoms. The van der Waals surface area contributed by atoms with Gasteiger partial charge in [-0.1, -0.05) is 46.4 Å². The smallest absolute Gasteiger partial charge is 0.226 e. The van der Waals surface area contributed by atoms with Gasteiger partial charge in [0.1, 0.15) is 5.75 Å². The predicted molar refractivity (Wildman–Crippen MR) is 117 cm³/mol. The van der Waals surface area contributed by atoms with E-state index in [1.807, 2.05) is 5.38 Å². The van der Waals surface area contributed by atoms with E-state index in [0.717, 1.165) is 5.56 Å². The molecule has 9 heteroatoms. The number of ether oxygens (including phenoxy) is 1. The maximum atomic E-state index is 12.1. The summed E-state index contributed by atoms with van der Waals surface area (Å²) in [4.78, 5) is 16.5. The number of hydrogen-bond acceptors (Lipinski definition) is 4. The lowest BCUT2D eigenvalue weighted by atomic mass is 10.2. The lowest BCUT2D eigenvalue weighted by molar-refractivity contribution is -0.116. The van der Waals surface area contributed by atoms with Crippen molar-refractivity contribution in [1.82, 2.24) is 4.98 Å². The van der Waals surface area contributed by atoms with Crippen LogP contribution in [0, 0.1) is 0 Å². The van der Waals surface area contributed by atoms with E-state index in [1.54, 1.807) is 36.4 Å². The molecule has 0 saturated carbocycles. The zero-order chi connectivity index (χ0) is 20.1. The Kier molecular flexibility index (Phi) is 7.43. The van der Waals surface area contributed by atoms with E-state index < -0.39 is 0 Å². The Morgan fingerprint density at radius 3 is 2.46 bits per heavy atom. The number of rotatable bonds is 7. The second-order valence-corrected chi connectivity index (χ2v) is 8.28. The first kappa shape index (κ1) is 21.2. The van der Waals surface area contributed by atoms with Crippen LogP contribution in [0.5, 0.6) is 5.75 Å². The van der Waals surface area contributed by atoms with Crippen LogP contribution in [0.4, 0.5) is 5.13 Å². The minimum absolute atomic E-state index is 0.145. The van der Waals surface area contributed by atoms with Crippen molar-refractivity contribution in [2.45, 2.75) is 12.8 Å². The van der Waals surface area contributed by atoms with Gasteiger partial charge in [-0.15, -0.1) is 11.3 Å². The quantitative estimate of drug-likeness (QED) is 0.367. The number of nitrogens with zero attached hydrogens (tertiary/aromatic N) is 1. The van der Waals surface area contributed by atoms with Gasteiger partial charge in [-0.3, -0.25) is 4.79 Å². The molecule has 1 aromatic heterocycles. The number of nitrogens with one attached hydrogen (secondary N) is 1. The number of aromatic nitrogens is 1. The molecular weight excluding hydrogens is 462 g/mol. The van der Waals surface area contributed by atoms with Gasteiger partial charge in [0.25, 0.3) is 0 Å². The van der Waals surface area contributed by atoms with E-state index in [0.29, 0.717) is 56.1 Å². The Bertz CT molecular complexity index is 994. The molecule has 2 aromatic carbocycles. The first-order chi connectivity index (χ1) is 13.4. The fourth-order valence-corrected chi connectivity index (χ4v) is 4.04. The molecule has 0 saturated heterocycles.